The van der Waals surface area contributed by atoms with Crippen LogP contribution < -0.4 is 5.73 Å². The molecule has 20 heavy (non-hydrogen) atoms. The van der Waals surface area contributed by atoms with E-state index in [0.29, 0.717) is 13.2 Å². The maximum Gasteiger partial charge on any atom is 0.0900 e. The fourth-order valence-corrected chi connectivity index (χ4v) is 2.67. The summed E-state index contributed by atoms with van der Waals surface area (Å²) in [5.41, 5.74) is 9.45. The van der Waals surface area contributed by atoms with E-state index in [9.17, 15) is 5.11 Å². The summed E-state index contributed by atoms with van der Waals surface area (Å²) in [5, 5.41) is 10.0. The van der Waals surface area contributed by atoms with Crippen molar-refractivity contribution in [2.24, 2.45) is 0 Å². The van der Waals surface area contributed by atoms with E-state index in [1.165, 1.54) is 11.1 Å². The molecular formula is C16H26N2O2. The Morgan fingerprint density at radius 3 is 3.10 bits per heavy atom. The van der Waals surface area contributed by atoms with Crippen molar-refractivity contribution in [2.45, 2.75) is 38.8 Å². The molecule has 112 valence electrons. The second-order valence-corrected chi connectivity index (χ2v) is 5.55. The number of unbranched alkanes of at least 4 members (excludes halogenated alkanes) is 1. The summed E-state index contributed by atoms with van der Waals surface area (Å²) in [7, 11) is 0. The number of β-amino-alcohol motifs (C(OH)–C–C–N with tert-alkyl or cyclic N) is 1. The van der Waals surface area contributed by atoms with E-state index in [1.807, 2.05) is 12.1 Å². The first-order chi connectivity index (χ1) is 9.70. The molecule has 0 radical (unpaired) electrons. The standard InChI is InChI=1S/C16H26N2O2/c1-2-3-9-20-12-14(19)11-18-8-7-15-13(10-18)5-4-6-16(15)17/h4-6,14,19H,2-3,7-12,17H2,1H3. The van der Waals surface area contributed by atoms with Crippen molar-refractivity contribution in [1.82, 2.24) is 4.90 Å². The molecule has 0 saturated carbocycles. The first kappa shape index (κ1) is 15.3. The van der Waals surface area contributed by atoms with Gasteiger partial charge in [-0.2, -0.15) is 0 Å². The van der Waals surface area contributed by atoms with Crippen LogP contribution in [0.1, 0.15) is 30.9 Å². The molecule has 1 aromatic rings. The van der Waals surface area contributed by atoms with E-state index in [0.717, 1.165) is 44.6 Å². The number of nitrogens with two attached hydrogens (primary N) is 1. The Morgan fingerprint density at radius 2 is 2.30 bits per heavy atom. The fraction of sp³-hybridized carbons (Fsp3) is 0.625. The molecule has 1 aromatic carbocycles. The Kier molecular flexibility index (Phi) is 5.83. The lowest BCUT2D eigenvalue weighted by Crippen LogP contribution is -2.38. The van der Waals surface area contributed by atoms with Gasteiger partial charge in [-0.25, -0.2) is 0 Å². The van der Waals surface area contributed by atoms with Crippen LogP contribution in [-0.4, -0.2) is 42.4 Å². The number of nitrogens with zero attached hydrogens (tertiary/aromatic N) is 1. The largest absolute Gasteiger partial charge is 0.398 e. The van der Waals surface area contributed by atoms with Gasteiger partial charge < -0.3 is 15.6 Å². The molecule has 0 spiro atoms. The van der Waals surface area contributed by atoms with E-state index < -0.39 is 6.10 Å². The van der Waals surface area contributed by atoms with Crippen LogP contribution in [0.25, 0.3) is 0 Å². The topological polar surface area (TPSA) is 58.7 Å². The van der Waals surface area contributed by atoms with Crippen LogP contribution in [-0.2, 0) is 17.7 Å². The molecule has 4 heteroatoms. The van der Waals surface area contributed by atoms with E-state index in [2.05, 4.69) is 17.9 Å². The zero-order chi connectivity index (χ0) is 14.4. The van der Waals surface area contributed by atoms with Crippen molar-refractivity contribution >= 4 is 5.69 Å². The number of hydrogen-bond acceptors (Lipinski definition) is 4. The molecule has 3 N–H and O–H groups in total. The quantitative estimate of drug-likeness (QED) is 0.590. The van der Waals surface area contributed by atoms with Gasteiger partial charge in [0.05, 0.1) is 12.7 Å². The highest BCUT2D eigenvalue weighted by atomic mass is 16.5. The first-order valence-electron chi connectivity index (χ1n) is 7.55. The van der Waals surface area contributed by atoms with Crippen molar-refractivity contribution < 1.29 is 9.84 Å². The second kappa shape index (κ2) is 7.62. The van der Waals surface area contributed by atoms with Crippen LogP contribution in [0.4, 0.5) is 5.69 Å². The number of anilines is 1. The maximum atomic E-state index is 10.0. The normalized spacial score (nSPS) is 16.9. The van der Waals surface area contributed by atoms with Gasteiger partial charge in [0.1, 0.15) is 0 Å². The predicted molar refractivity (Wildman–Crippen MR) is 81.6 cm³/mol. The van der Waals surface area contributed by atoms with Crippen LogP contribution in [0.2, 0.25) is 0 Å². The zero-order valence-corrected chi connectivity index (χ0v) is 12.3. The van der Waals surface area contributed by atoms with E-state index >= 15 is 0 Å². The average molecular weight is 278 g/mol. The molecule has 0 bridgehead atoms. The number of benzene rings is 1. The second-order valence-electron chi connectivity index (χ2n) is 5.55. The lowest BCUT2D eigenvalue weighted by Gasteiger charge is -2.30. The fourth-order valence-electron chi connectivity index (χ4n) is 2.67. The Labute approximate surface area is 121 Å². The highest BCUT2D eigenvalue weighted by molar-refractivity contribution is 5.51. The SMILES string of the molecule is CCCCOCC(O)CN1CCc2c(N)cccc2C1. The van der Waals surface area contributed by atoms with Gasteiger partial charge in [0, 0.05) is 31.9 Å². The minimum absolute atomic E-state index is 0.408. The number of aliphatic hydroxyl groups is 1. The van der Waals surface area contributed by atoms with Gasteiger partial charge in [0.25, 0.3) is 0 Å². The van der Waals surface area contributed by atoms with Crippen LogP contribution in [0.15, 0.2) is 18.2 Å². The third kappa shape index (κ3) is 4.20. The Balaban J connectivity index is 1.78. The van der Waals surface area contributed by atoms with Crippen LogP contribution in [0.5, 0.6) is 0 Å². The van der Waals surface area contributed by atoms with Gasteiger partial charge >= 0.3 is 0 Å². The molecule has 0 amide bonds. The minimum atomic E-state index is -0.408. The number of nitrogen functional groups attached to an aromatic ring is 1. The third-order valence-corrected chi connectivity index (χ3v) is 3.80. The maximum absolute atomic E-state index is 10.0. The number of ether oxygens (including phenoxy) is 1. The molecule has 1 unspecified atom stereocenters. The van der Waals surface area contributed by atoms with E-state index in [4.69, 9.17) is 10.5 Å². The van der Waals surface area contributed by atoms with Gasteiger partial charge in [-0.3, -0.25) is 4.90 Å². The van der Waals surface area contributed by atoms with Crippen molar-refractivity contribution in [3.05, 3.63) is 29.3 Å². The summed E-state index contributed by atoms with van der Waals surface area (Å²) in [6, 6.07) is 6.09. The van der Waals surface area contributed by atoms with Gasteiger partial charge in [-0.1, -0.05) is 25.5 Å². The van der Waals surface area contributed by atoms with Crippen LogP contribution in [0, 0.1) is 0 Å². The summed E-state index contributed by atoms with van der Waals surface area (Å²) >= 11 is 0. The predicted octanol–water partition coefficient (Wildman–Crippen LogP) is 1.80. The Hall–Kier alpha value is -1.10. The Morgan fingerprint density at radius 1 is 1.45 bits per heavy atom. The lowest BCUT2D eigenvalue weighted by molar-refractivity contribution is 0.0135. The highest BCUT2D eigenvalue weighted by Crippen LogP contribution is 2.23. The molecule has 0 aromatic heterocycles. The molecule has 1 aliphatic heterocycles. The molecule has 0 fully saturated rings. The van der Waals surface area contributed by atoms with Gasteiger partial charge in [0.2, 0.25) is 0 Å². The van der Waals surface area contributed by atoms with Crippen molar-refractivity contribution in [3.63, 3.8) is 0 Å². The molecule has 1 atom stereocenters. The van der Waals surface area contributed by atoms with Crippen molar-refractivity contribution in [1.29, 1.82) is 0 Å². The molecule has 2 rings (SSSR count). The van der Waals surface area contributed by atoms with Gasteiger partial charge in [-0.15, -0.1) is 0 Å². The molecule has 4 nitrogen and oxygen atoms in total. The zero-order valence-electron chi connectivity index (χ0n) is 12.3. The Bertz CT molecular complexity index is 423. The summed E-state index contributed by atoms with van der Waals surface area (Å²) in [4.78, 5) is 2.27. The smallest absolute Gasteiger partial charge is 0.0900 e. The number of hydrogen-bond donors (Lipinski definition) is 2. The molecule has 0 aliphatic carbocycles. The first-order valence-corrected chi connectivity index (χ1v) is 7.55. The number of aliphatic hydroxyl groups excluding tert-OH is 1. The van der Waals surface area contributed by atoms with Gasteiger partial charge in [0.15, 0.2) is 0 Å². The molecule has 0 saturated heterocycles. The van der Waals surface area contributed by atoms with E-state index in [1.54, 1.807) is 0 Å². The third-order valence-electron chi connectivity index (χ3n) is 3.80. The van der Waals surface area contributed by atoms with Gasteiger partial charge in [-0.05, 0) is 30.0 Å². The molecule has 1 aliphatic rings. The average Bonchev–Trinajstić information content (AvgIpc) is 2.44. The summed E-state index contributed by atoms with van der Waals surface area (Å²) in [6.07, 6.45) is 2.74. The van der Waals surface area contributed by atoms with Crippen molar-refractivity contribution in [3.8, 4) is 0 Å². The summed E-state index contributed by atoms with van der Waals surface area (Å²) < 4.78 is 5.47. The van der Waals surface area contributed by atoms with E-state index in [-0.39, 0.29) is 0 Å². The minimum Gasteiger partial charge on any atom is -0.398 e. The summed E-state index contributed by atoms with van der Waals surface area (Å²) in [6.45, 7) is 5.80. The molecule has 1 heterocycles. The monoisotopic (exact) mass is 278 g/mol. The molecular weight excluding hydrogens is 252 g/mol. The summed E-state index contributed by atoms with van der Waals surface area (Å²) in [5.74, 6) is 0. The number of rotatable bonds is 7. The highest BCUT2D eigenvalue weighted by Gasteiger charge is 2.19. The van der Waals surface area contributed by atoms with Crippen molar-refractivity contribution in [2.75, 3.05) is 32.0 Å². The van der Waals surface area contributed by atoms with Crippen LogP contribution in [0.3, 0.4) is 0 Å². The number of fused-ring (bicyclic) bond motifs is 1. The van der Waals surface area contributed by atoms with Crippen LogP contribution >= 0.6 is 0 Å². The lowest BCUT2D eigenvalue weighted by atomic mass is 9.98.